The molecule has 116 valence electrons. The predicted octanol–water partition coefficient (Wildman–Crippen LogP) is 1.14. The minimum Gasteiger partial charge on any atom is -0.496 e. The number of methoxy groups -OCH3 is 1. The predicted molar refractivity (Wildman–Crippen MR) is 80.6 cm³/mol. The summed E-state index contributed by atoms with van der Waals surface area (Å²) in [7, 11) is 1.56. The maximum absolute atomic E-state index is 9.46. The SMILES string of the molecule is COc1cc(CN2CCCCC2CO)ccc1/C(N)=N/O. The van der Waals surface area contributed by atoms with Crippen molar-refractivity contribution in [2.24, 2.45) is 10.9 Å². The second-order valence-corrected chi connectivity index (χ2v) is 5.32. The third-order valence-electron chi connectivity index (χ3n) is 4.00. The average molecular weight is 293 g/mol. The van der Waals surface area contributed by atoms with Crippen molar-refractivity contribution >= 4 is 5.84 Å². The van der Waals surface area contributed by atoms with Crippen molar-refractivity contribution in [2.75, 3.05) is 20.3 Å². The summed E-state index contributed by atoms with van der Waals surface area (Å²) in [6, 6.07) is 5.87. The quantitative estimate of drug-likeness (QED) is 0.328. The van der Waals surface area contributed by atoms with Crippen LogP contribution in [0.5, 0.6) is 5.75 Å². The van der Waals surface area contributed by atoms with Crippen LogP contribution in [0.4, 0.5) is 0 Å². The lowest BCUT2D eigenvalue weighted by Gasteiger charge is -2.34. The molecule has 6 heteroatoms. The van der Waals surface area contributed by atoms with Gasteiger partial charge in [0.05, 0.1) is 19.3 Å². The van der Waals surface area contributed by atoms with Crippen molar-refractivity contribution in [1.29, 1.82) is 0 Å². The van der Waals surface area contributed by atoms with E-state index in [0.29, 0.717) is 11.3 Å². The van der Waals surface area contributed by atoms with Gasteiger partial charge in [-0.2, -0.15) is 0 Å². The number of nitrogens with two attached hydrogens (primary N) is 1. The molecule has 0 radical (unpaired) electrons. The van der Waals surface area contributed by atoms with Gasteiger partial charge in [0.2, 0.25) is 0 Å². The second kappa shape index (κ2) is 7.28. The molecular formula is C15H23N3O3. The van der Waals surface area contributed by atoms with Gasteiger partial charge in [-0.3, -0.25) is 4.90 Å². The van der Waals surface area contributed by atoms with Gasteiger partial charge in [-0.25, -0.2) is 0 Å². The molecule has 1 atom stereocenters. The summed E-state index contributed by atoms with van der Waals surface area (Å²) in [6.45, 7) is 1.95. The molecule has 0 amide bonds. The van der Waals surface area contributed by atoms with Gasteiger partial charge in [0, 0.05) is 12.6 Å². The van der Waals surface area contributed by atoms with Crippen molar-refractivity contribution in [3.05, 3.63) is 29.3 Å². The number of piperidine rings is 1. The van der Waals surface area contributed by atoms with E-state index in [9.17, 15) is 5.11 Å². The van der Waals surface area contributed by atoms with Crippen LogP contribution in [-0.4, -0.2) is 47.4 Å². The Hall–Kier alpha value is -1.79. The van der Waals surface area contributed by atoms with Crippen LogP contribution in [0, 0.1) is 0 Å². The summed E-state index contributed by atoms with van der Waals surface area (Å²) >= 11 is 0. The Labute approximate surface area is 124 Å². The number of hydrogen-bond donors (Lipinski definition) is 3. The number of aliphatic hydroxyl groups is 1. The Morgan fingerprint density at radius 2 is 2.29 bits per heavy atom. The van der Waals surface area contributed by atoms with E-state index in [0.717, 1.165) is 31.5 Å². The van der Waals surface area contributed by atoms with Gasteiger partial charge in [-0.15, -0.1) is 0 Å². The molecule has 2 rings (SSSR count). The molecule has 0 bridgehead atoms. The van der Waals surface area contributed by atoms with Crippen LogP contribution in [0.2, 0.25) is 0 Å². The first-order valence-corrected chi connectivity index (χ1v) is 7.19. The average Bonchev–Trinajstić information content (AvgIpc) is 2.54. The number of hydrogen-bond acceptors (Lipinski definition) is 5. The molecule has 0 aromatic heterocycles. The lowest BCUT2D eigenvalue weighted by molar-refractivity contribution is 0.0841. The molecule has 6 nitrogen and oxygen atoms in total. The lowest BCUT2D eigenvalue weighted by atomic mass is 10.0. The topological polar surface area (TPSA) is 91.3 Å². The van der Waals surface area contributed by atoms with Crippen molar-refractivity contribution in [2.45, 2.75) is 31.8 Å². The van der Waals surface area contributed by atoms with Gasteiger partial charge >= 0.3 is 0 Å². The Kier molecular flexibility index (Phi) is 5.41. The summed E-state index contributed by atoms with van der Waals surface area (Å²) in [5.74, 6) is 0.616. The van der Waals surface area contributed by atoms with E-state index in [2.05, 4.69) is 10.1 Å². The monoisotopic (exact) mass is 293 g/mol. The molecule has 0 saturated carbocycles. The zero-order chi connectivity index (χ0) is 15.2. The Morgan fingerprint density at radius 3 is 2.95 bits per heavy atom. The van der Waals surface area contributed by atoms with Crippen LogP contribution in [-0.2, 0) is 6.54 Å². The highest BCUT2D eigenvalue weighted by atomic mass is 16.5. The minimum absolute atomic E-state index is 0.0320. The Bertz CT molecular complexity index is 505. The number of oxime groups is 1. The fourth-order valence-corrected chi connectivity index (χ4v) is 2.81. The molecular weight excluding hydrogens is 270 g/mol. The van der Waals surface area contributed by atoms with E-state index in [-0.39, 0.29) is 18.5 Å². The lowest BCUT2D eigenvalue weighted by Crippen LogP contribution is -2.41. The van der Waals surface area contributed by atoms with Gasteiger partial charge < -0.3 is 20.8 Å². The molecule has 0 aliphatic carbocycles. The fourth-order valence-electron chi connectivity index (χ4n) is 2.81. The molecule has 1 fully saturated rings. The highest BCUT2D eigenvalue weighted by Gasteiger charge is 2.22. The van der Waals surface area contributed by atoms with Crippen LogP contribution < -0.4 is 10.5 Å². The number of benzene rings is 1. The highest BCUT2D eigenvalue weighted by molar-refractivity contribution is 5.99. The Morgan fingerprint density at radius 1 is 1.48 bits per heavy atom. The normalized spacial score (nSPS) is 20.5. The molecule has 0 spiro atoms. The number of amidine groups is 1. The summed E-state index contributed by atoms with van der Waals surface area (Å²) in [5, 5.41) is 21.2. The molecule has 1 aromatic rings. The van der Waals surface area contributed by atoms with Gasteiger partial charge in [0.1, 0.15) is 5.75 Å². The third kappa shape index (κ3) is 3.65. The summed E-state index contributed by atoms with van der Waals surface area (Å²) < 4.78 is 5.31. The number of aliphatic hydroxyl groups excluding tert-OH is 1. The summed E-state index contributed by atoms with van der Waals surface area (Å²) in [6.07, 6.45) is 3.37. The summed E-state index contributed by atoms with van der Waals surface area (Å²) in [5.41, 5.74) is 7.28. The Balaban J connectivity index is 2.17. The van der Waals surface area contributed by atoms with Crippen LogP contribution in [0.1, 0.15) is 30.4 Å². The van der Waals surface area contributed by atoms with Gasteiger partial charge in [0.15, 0.2) is 5.84 Å². The minimum atomic E-state index is 0.0320. The first kappa shape index (κ1) is 15.6. The first-order valence-electron chi connectivity index (χ1n) is 7.19. The third-order valence-corrected chi connectivity index (χ3v) is 4.00. The van der Waals surface area contributed by atoms with Crippen molar-refractivity contribution in [3.63, 3.8) is 0 Å². The number of nitrogens with zero attached hydrogens (tertiary/aromatic N) is 2. The van der Waals surface area contributed by atoms with Gasteiger partial charge in [-0.05, 0) is 37.1 Å². The maximum atomic E-state index is 9.46. The molecule has 1 heterocycles. The van der Waals surface area contributed by atoms with Crippen molar-refractivity contribution in [1.82, 2.24) is 4.90 Å². The molecule has 4 N–H and O–H groups in total. The molecule has 1 aliphatic rings. The first-order chi connectivity index (χ1) is 10.2. The van der Waals surface area contributed by atoms with E-state index >= 15 is 0 Å². The van der Waals surface area contributed by atoms with Gasteiger partial charge in [0.25, 0.3) is 0 Å². The number of ether oxygens (including phenoxy) is 1. The zero-order valence-electron chi connectivity index (χ0n) is 12.3. The fraction of sp³-hybridized carbons (Fsp3) is 0.533. The standard InChI is InChI=1S/C15H23N3O3/c1-21-14-8-11(5-6-13(14)15(16)17-20)9-18-7-3-2-4-12(18)10-19/h5-6,8,12,19-20H,2-4,7,9-10H2,1H3,(H2,16,17). The van der Waals surface area contributed by atoms with Crippen molar-refractivity contribution < 1.29 is 15.1 Å². The largest absolute Gasteiger partial charge is 0.496 e. The van der Waals surface area contributed by atoms with E-state index < -0.39 is 0 Å². The zero-order valence-corrected chi connectivity index (χ0v) is 12.3. The van der Waals surface area contributed by atoms with E-state index in [1.807, 2.05) is 12.1 Å². The van der Waals surface area contributed by atoms with Crippen molar-refractivity contribution in [3.8, 4) is 5.75 Å². The van der Waals surface area contributed by atoms with Crippen LogP contribution >= 0.6 is 0 Å². The van der Waals surface area contributed by atoms with E-state index in [1.54, 1.807) is 13.2 Å². The van der Waals surface area contributed by atoms with Crippen LogP contribution in [0.25, 0.3) is 0 Å². The molecule has 1 aliphatic heterocycles. The van der Waals surface area contributed by atoms with Gasteiger partial charge in [-0.1, -0.05) is 17.6 Å². The van der Waals surface area contributed by atoms with E-state index in [4.69, 9.17) is 15.7 Å². The maximum Gasteiger partial charge on any atom is 0.173 e. The number of likely N-dealkylation sites (tertiary alicyclic amines) is 1. The second-order valence-electron chi connectivity index (χ2n) is 5.32. The smallest absolute Gasteiger partial charge is 0.173 e. The van der Waals surface area contributed by atoms with E-state index in [1.165, 1.54) is 6.42 Å². The van der Waals surface area contributed by atoms with Crippen LogP contribution in [0.15, 0.2) is 23.4 Å². The molecule has 1 unspecified atom stereocenters. The van der Waals surface area contributed by atoms with Crippen LogP contribution in [0.3, 0.4) is 0 Å². The number of rotatable bonds is 5. The molecule has 1 aromatic carbocycles. The molecule has 1 saturated heterocycles. The highest BCUT2D eigenvalue weighted by Crippen LogP contribution is 2.24. The summed E-state index contributed by atoms with van der Waals surface area (Å²) in [4.78, 5) is 2.29. The molecule has 21 heavy (non-hydrogen) atoms.